The fourth-order valence-electron chi connectivity index (χ4n) is 1.72. The van der Waals surface area contributed by atoms with E-state index < -0.39 is 0 Å². The molecular weight excluding hydrogens is 252 g/mol. The number of hydrogen-bond acceptors (Lipinski definition) is 4. The van der Waals surface area contributed by atoms with Gasteiger partial charge in [0.25, 0.3) is 0 Å². The van der Waals surface area contributed by atoms with Crippen LogP contribution in [0.3, 0.4) is 0 Å². The first-order valence-electron chi connectivity index (χ1n) is 5.27. The lowest BCUT2D eigenvalue weighted by Gasteiger charge is -2.12. The standard InChI is InChI=1S/C12H14N2O3S/c1-16-9-5-11(18-3)10(17-2)4-7(9)8-6-13-12(15)14-8/h4-6H,1-3H3,(H2,13,14,15). The number of hydrogen-bond donors (Lipinski definition) is 2. The maximum absolute atomic E-state index is 11.2. The van der Waals surface area contributed by atoms with E-state index in [2.05, 4.69) is 9.97 Å². The van der Waals surface area contributed by atoms with Crippen LogP contribution in [0.4, 0.5) is 0 Å². The summed E-state index contributed by atoms with van der Waals surface area (Å²) in [6, 6.07) is 3.74. The molecule has 2 rings (SSSR count). The first kappa shape index (κ1) is 12.6. The Morgan fingerprint density at radius 2 is 1.89 bits per heavy atom. The van der Waals surface area contributed by atoms with Crippen LogP contribution >= 0.6 is 11.8 Å². The summed E-state index contributed by atoms with van der Waals surface area (Å²) >= 11 is 1.57. The molecule has 2 N–H and O–H groups in total. The lowest BCUT2D eigenvalue weighted by molar-refractivity contribution is 0.395. The Balaban J connectivity index is 2.62. The second kappa shape index (κ2) is 5.22. The van der Waals surface area contributed by atoms with Crippen molar-refractivity contribution in [2.24, 2.45) is 0 Å². The Labute approximate surface area is 109 Å². The van der Waals surface area contributed by atoms with E-state index in [1.807, 2.05) is 18.4 Å². The first-order valence-corrected chi connectivity index (χ1v) is 6.50. The summed E-state index contributed by atoms with van der Waals surface area (Å²) in [7, 11) is 3.21. The number of ether oxygens (including phenoxy) is 2. The third-order valence-electron chi connectivity index (χ3n) is 2.59. The van der Waals surface area contributed by atoms with Gasteiger partial charge >= 0.3 is 5.69 Å². The minimum Gasteiger partial charge on any atom is -0.496 e. The van der Waals surface area contributed by atoms with Crippen molar-refractivity contribution < 1.29 is 9.47 Å². The van der Waals surface area contributed by atoms with E-state index in [0.717, 1.165) is 16.2 Å². The monoisotopic (exact) mass is 266 g/mol. The molecule has 0 amide bonds. The number of aromatic amines is 2. The van der Waals surface area contributed by atoms with Gasteiger partial charge in [0.15, 0.2) is 0 Å². The normalized spacial score (nSPS) is 10.4. The lowest BCUT2D eigenvalue weighted by Crippen LogP contribution is -2.00. The van der Waals surface area contributed by atoms with Gasteiger partial charge < -0.3 is 19.4 Å². The SMILES string of the molecule is COc1cc(-c2c[nH]c(=O)[nH]2)c(OC)cc1SC. The molecule has 1 aromatic heterocycles. The zero-order valence-corrected chi connectivity index (χ0v) is 11.2. The summed E-state index contributed by atoms with van der Waals surface area (Å²) in [4.78, 5) is 17.4. The minimum atomic E-state index is -0.250. The van der Waals surface area contributed by atoms with Gasteiger partial charge in [-0.1, -0.05) is 0 Å². The van der Waals surface area contributed by atoms with Crippen LogP contribution in [0.25, 0.3) is 11.3 Å². The zero-order valence-electron chi connectivity index (χ0n) is 10.4. The molecule has 0 radical (unpaired) electrons. The van der Waals surface area contributed by atoms with Gasteiger partial charge in [0.2, 0.25) is 0 Å². The van der Waals surface area contributed by atoms with Crippen molar-refractivity contribution >= 4 is 11.8 Å². The smallest absolute Gasteiger partial charge is 0.323 e. The van der Waals surface area contributed by atoms with Gasteiger partial charge in [-0.15, -0.1) is 11.8 Å². The van der Waals surface area contributed by atoms with E-state index in [1.165, 1.54) is 0 Å². The van der Waals surface area contributed by atoms with E-state index in [9.17, 15) is 4.79 Å². The molecule has 0 fully saturated rings. The second-order valence-electron chi connectivity index (χ2n) is 3.56. The van der Waals surface area contributed by atoms with E-state index in [0.29, 0.717) is 11.4 Å². The van der Waals surface area contributed by atoms with Crippen molar-refractivity contribution in [3.05, 3.63) is 28.8 Å². The predicted octanol–water partition coefficient (Wildman–Crippen LogP) is 2.11. The molecule has 5 nitrogen and oxygen atoms in total. The Morgan fingerprint density at radius 3 is 2.39 bits per heavy atom. The maximum Gasteiger partial charge on any atom is 0.323 e. The number of benzene rings is 1. The second-order valence-corrected chi connectivity index (χ2v) is 4.41. The number of rotatable bonds is 4. The summed E-state index contributed by atoms with van der Waals surface area (Å²) in [6.07, 6.45) is 3.58. The number of aromatic nitrogens is 2. The molecule has 0 unspecified atom stereocenters. The number of H-pyrrole nitrogens is 2. The Hall–Kier alpha value is -1.82. The van der Waals surface area contributed by atoms with Gasteiger partial charge in [0.05, 0.1) is 24.8 Å². The summed E-state index contributed by atoms with van der Waals surface area (Å²) < 4.78 is 10.7. The van der Waals surface area contributed by atoms with E-state index >= 15 is 0 Å². The van der Waals surface area contributed by atoms with Crippen LogP contribution in [-0.2, 0) is 0 Å². The number of methoxy groups -OCH3 is 2. The third-order valence-corrected chi connectivity index (χ3v) is 3.35. The molecule has 1 heterocycles. The van der Waals surface area contributed by atoms with Gasteiger partial charge in [-0.05, 0) is 18.4 Å². The zero-order chi connectivity index (χ0) is 13.1. The molecular formula is C12H14N2O3S. The highest BCUT2D eigenvalue weighted by Crippen LogP contribution is 2.38. The van der Waals surface area contributed by atoms with Gasteiger partial charge in [-0.2, -0.15) is 0 Å². The molecule has 0 aliphatic rings. The summed E-state index contributed by atoms with van der Waals surface area (Å²) in [5.41, 5.74) is 1.20. The minimum absolute atomic E-state index is 0.250. The van der Waals surface area contributed by atoms with Gasteiger partial charge in [0.1, 0.15) is 11.5 Å². The molecule has 0 saturated heterocycles. The van der Waals surface area contributed by atoms with E-state index in [1.54, 1.807) is 32.2 Å². The van der Waals surface area contributed by atoms with Crippen LogP contribution in [0, 0.1) is 0 Å². The molecule has 0 aliphatic carbocycles. The van der Waals surface area contributed by atoms with Crippen LogP contribution in [0.5, 0.6) is 11.5 Å². The van der Waals surface area contributed by atoms with Crippen LogP contribution in [0.2, 0.25) is 0 Å². The predicted molar refractivity (Wildman–Crippen MR) is 71.7 cm³/mol. The van der Waals surface area contributed by atoms with Crippen LogP contribution in [-0.4, -0.2) is 30.4 Å². The molecule has 18 heavy (non-hydrogen) atoms. The quantitative estimate of drug-likeness (QED) is 0.832. The molecule has 0 aliphatic heterocycles. The number of imidazole rings is 1. The number of nitrogens with one attached hydrogen (secondary N) is 2. The molecule has 0 atom stereocenters. The van der Waals surface area contributed by atoms with Crippen LogP contribution < -0.4 is 15.2 Å². The molecule has 96 valence electrons. The molecule has 1 aromatic carbocycles. The highest BCUT2D eigenvalue weighted by molar-refractivity contribution is 7.98. The fraction of sp³-hybridized carbons (Fsp3) is 0.250. The summed E-state index contributed by atoms with van der Waals surface area (Å²) in [6.45, 7) is 0. The average molecular weight is 266 g/mol. The lowest BCUT2D eigenvalue weighted by atomic mass is 10.1. The molecule has 2 aromatic rings. The average Bonchev–Trinajstić information content (AvgIpc) is 2.83. The molecule has 0 spiro atoms. The first-order chi connectivity index (χ1) is 8.69. The van der Waals surface area contributed by atoms with Crippen molar-refractivity contribution in [1.82, 2.24) is 9.97 Å². The fourth-order valence-corrected chi connectivity index (χ4v) is 2.29. The summed E-state index contributed by atoms with van der Waals surface area (Å²) in [5, 5.41) is 0. The topological polar surface area (TPSA) is 67.1 Å². The largest absolute Gasteiger partial charge is 0.496 e. The Kier molecular flexibility index (Phi) is 3.66. The van der Waals surface area contributed by atoms with Gasteiger partial charge in [-0.3, -0.25) is 0 Å². The van der Waals surface area contributed by atoms with E-state index in [4.69, 9.17) is 9.47 Å². The van der Waals surface area contributed by atoms with Gasteiger partial charge in [0, 0.05) is 11.8 Å². The molecule has 0 bridgehead atoms. The van der Waals surface area contributed by atoms with Crippen LogP contribution in [0.1, 0.15) is 0 Å². The molecule has 0 saturated carbocycles. The van der Waals surface area contributed by atoms with Gasteiger partial charge in [-0.25, -0.2) is 4.79 Å². The third kappa shape index (κ3) is 2.24. The van der Waals surface area contributed by atoms with Crippen molar-refractivity contribution in [3.8, 4) is 22.8 Å². The van der Waals surface area contributed by atoms with Crippen molar-refractivity contribution in [2.45, 2.75) is 4.90 Å². The molecule has 6 heteroatoms. The highest BCUT2D eigenvalue weighted by Gasteiger charge is 2.13. The Bertz CT molecular complexity index is 604. The van der Waals surface area contributed by atoms with Crippen molar-refractivity contribution in [1.29, 1.82) is 0 Å². The van der Waals surface area contributed by atoms with Crippen molar-refractivity contribution in [2.75, 3.05) is 20.5 Å². The highest BCUT2D eigenvalue weighted by atomic mass is 32.2. The summed E-state index contributed by atoms with van der Waals surface area (Å²) in [5.74, 6) is 1.44. The van der Waals surface area contributed by atoms with E-state index in [-0.39, 0.29) is 5.69 Å². The maximum atomic E-state index is 11.2. The van der Waals surface area contributed by atoms with Crippen LogP contribution in [0.15, 0.2) is 28.0 Å². The van der Waals surface area contributed by atoms with Crippen molar-refractivity contribution in [3.63, 3.8) is 0 Å². The number of thioether (sulfide) groups is 1. The Morgan fingerprint density at radius 1 is 1.17 bits per heavy atom.